The van der Waals surface area contributed by atoms with Crippen LogP contribution in [-0.4, -0.2) is 38.8 Å². The summed E-state index contributed by atoms with van der Waals surface area (Å²) in [5.41, 5.74) is 0.861. The first-order chi connectivity index (χ1) is 9.79. The smallest absolute Gasteiger partial charge is 0.185 e. The third-order valence-corrected chi connectivity index (χ3v) is 3.42. The highest BCUT2D eigenvalue weighted by Gasteiger charge is 2.01. The quantitative estimate of drug-likeness (QED) is 0.511. The van der Waals surface area contributed by atoms with E-state index < -0.39 is 0 Å². The number of ether oxygens (including phenoxy) is 1. The number of thioether (sulfide) groups is 1. The molecule has 0 aliphatic carbocycles. The number of aliphatic hydroxyl groups is 1. The maximum atomic E-state index is 8.61. The van der Waals surface area contributed by atoms with Gasteiger partial charge in [-0.05, 0) is 24.3 Å². The van der Waals surface area contributed by atoms with E-state index in [2.05, 4.69) is 21.9 Å². The van der Waals surface area contributed by atoms with Crippen LogP contribution in [0.25, 0.3) is 0 Å². The fourth-order valence-corrected chi connectivity index (χ4v) is 2.19. The minimum atomic E-state index is -0.127. The summed E-state index contributed by atoms with van der Waals surface area (Å²) in [6.45, 7) is 0.469. The first kappa shape index (κ1) is 14.4. The molecule has 1 N–H and O–H groups in total. The summed E-state index contributed by atoms with van der Waals surface area (Å²) in [5, 5.41) is 13.5. The minimum Gasteiger partial charge on any atom is -0.493 e. The maximum absolute atomic E-state index is 8.61. The van der Waals surface area contributed by atoms with Crippen molar-refractivity contribution in [3.8, 4) is 17.6 Å². The summed E-state index contributed by atoms with van der Waals surface area (Å²) >= 11 is 1.60. The van der Waals surface area contributed by atoms with Crippen molar-refractivity contribution in [3.63, 3.8) is 0 Å². The standard InChI is InChI=1S/C14H15N3O2S/c1-17-14(15-11-16-17)20-10-9-19-13-6-4-12(5-7-13)3-2-8-18/h4-7,11,18H,8-10H2,1H3. The van der Waals surface area contributed by atoms with E-state index in [1.54, 1.807) is 16.4 Å². The Labute approximate surface area is 122 Å². The lowest BCUT2D eigenvalue weighted by Crippen LogP contribution is -2.02. The molecule has 0 bridgehead atoms. The zero-order chi connectivity index (χ0) is 14.2. The van der Waals surface area contributed by atoms with Gasteiger partial charge in [0.25, 0.3) is 0 Å². The monoisotopic (exact) mass is 289 g/mol. The van der Waals surface area contributed by atoms with Crippen molar-refractivity contribution >= 4 is 11.8 Å². The van der Waals surface area contributed by atoms with Gasteiger partial charge in [0.05, 0.1) is 6.61 Å². The van der Waals surface area contributed by atoms with Crippen LogP contribution in [0.3, 0.4) is 0 Å². The molecular formula is C14H15N3O2S. The van der Waals surface area contributed by atoms with E-state index >= 15 is 0 Å². The van der Waals surface area contributed by atoms with E-state index in [1.165, 1.54) is 6.33 Å². The largest absolute Gasteiger partial charge is 0.493 e. The molecule has 0 amide bonds. The first-order valence-electron chi connectivity index (χ1n) is 6.09. The number of nitrogens with zero attached hydrogens (tertiary/aromatic N) is 3. The van der Waals surface area contributed by atoms with Crippen molar-refractivity contribution in [2.75, 3.05) is 19.0 Å². The van der Waals surface area contributed by atoms with Crippen molar-refractivity contribution in [3.05, 3.63) is 36.2 Å². The molecule has 0 saturated carbocycles. The van der Waals surface area contributed by atoms with Gasteiger partial charge in [-0.3, -0.25) is 0 Å². The van der Waals surface area contributed by atoms with Gasteiger partial charge < -0.3 is 9.84 Å². The molecule has 0 fully saturated rings. The van der Waals surface area contributed by atoms with Crippen LogP contribution in [0.15, 0.2) is 35.7 Å². The predicted octanol–water partition coefficient (Wildman–Crippen LogP) is 1.33. The number of rotatable bonds is 5. The van der Waals surface area contributed by atoms with Crippen molar-refractivity contribution in [1.82, 2.24) is 14.8 Å². The van der Waals surface area contributed by atoms with E-state index in [1.807, 2.05) is 31.3 Å². The number of aromatic nitrogens is 3. The Kier molecular flexibility index (Phi) is 5.47. The molecule has 5 nitrogen and oxygen atoms in total. The molecule has 0 radical (unpaired) electrons. The van der Waals surface area contributed by atoms with Gasteiger partial charge in [0.1, 0.15) is 18.7 Å². The molecule has 0 aliphatic heterocycles. The highest BCUT2D eigenvalue weighted by atomic mass is 32.2. The third-order valence-electron chi connectivity index (χ3n) is 2.42. The Balaban J connectivity index is 1.75. The second-order valence-electron chi connectivity index (χ2n) is 3.85. The summed E-state index contributed by atoms with van der Waals surface area (Å²) in [6, 6.07) is 7.48. The van der Waals surface area contributed by atoms with Crippen LogP contribution in [0, 0.1) is 11.8 Å². The van der Waals surface area contributed by atoms with Crippen LogP contribution in [-0.2, 0) is 7.05 Å². The van der Waals surface area contributed by atoms with Gasteiger partial charge in [0.15, 0.2) is 5.16 Å². The second-order valence-corrected chi connectivity index (χ2v) is 4.91. The fourth-order valence-electron chi connectivity index (χ4n) is 1.48. The number of benzene rings is 1. The molecule has 6 heteroatoms. The van der Waals surface area contributed by atoms with Gasteiger partial charge >= 0.3 is 0 Å². The fraction of sp³-hybridized carbons (Fsp3) is 0.286. The minimum absolute atomic E-state index is 0.127. The lowest BCUT2D eigenvalue weighted by atomic mass is 10.2. The Morgan fingerprint density at radius 3 is 2.80 bits per heavy atom. The first-order valence-corrected chi connectivity index (χ1v) is 7.07. The average Bonchev–Trinajstić information content (AvgIpc) is 2.88. The van der Waals surface area contributed by atoms with Gasteiger partial charge in [-0.1, -0.05) is 23.6 Å². The van der Waals surface area contributed by atoms with E-state index in [9.17, 15) is 0 Å². The summed E-state index contributed by atoms with van der Waals surface area (Å²) in [4.78, 5) is 4.12. The normalized spacial score (nSPS) is 9.90. The Hall–Kier alpha value is -1.97. The summed E-state index contributed by atoms with van der Waals surface area (Å²) in [6.07, 6.45) is 1.54. The van der Waals surface area contributed by atoms with Crippen LogP contribution in [0.5, 0.6) is 5.75 Å². The zero-order valence-electron chi connectivity index (χ0n) is 11.1. The second kappa shape index (κ2) is 7.58. The topological polar surface area (TPSA) is 60.2 Å². The van der Waals surface area contributed by atoms with Crippen LogP contribution in [0.2, 0.25) is 0 Å². The molecule has 2 rings (SSSR count). The number of hydrogen-bond acceptors (Lipinski definition) is 5. The van der Waals surface area contributed by atoms with Crippen molar-refractivity contribution in [2.45, 2.75) is 5.16 Å². The van der Waals surface area contributed by atoms with Gasteiger partial charge in [-0.15, -0.1) is 0 Å². The summed E-state index contributed by atoms with van der Waals surface area (Å²) in [5.74, 6) is 7.05. The van der Waals surface area contributed by atoms with E-state index in [-0.39, 0.29) is 6.61 Å². The predicted molar refractivity (Wildman–Crippen MR) is 77.6 cm³/mol. The molecule has 0 aliphatic rings. The molecule has 0 unspecified atom stereocenters. The molecular weight excluding hydrogens is 274 g/mol. The van der Waals surface area contributed by atoms with Crippen LogP contribution in [0.1, 0.15) is 5.56 Å². The van der Waals surface area contributed by atoms with E-state index in [0.717, 1.165) is 22.2 Å². The van der Waals surface area contributed by atoms with Gasteiger partial charge in [0, 0.05) is 18.4 Å². The number of hydrogen-bond donors (Lipinski definition) is 1. The number of aryl methyl sites for hydroxylation is 1. The summed E-state index contributed by atoms with van der Waals surface area (Å²) < 4.78 is 7.36. The average molecular weight is 289 g/mol. The SMILES string of the molecule is Cn1ncnc1SCCOc1ccc(C#CCO)cc1. The molecule has 0 saturated heterocycles. The Bertz CT molecular complexity index is 599. The maximum Gasteiger partial charge on any atom is 0.185 e. The molecule has 1 aromatic heterocycles. The van der Waals surface area contributed by atoms with Crippen molar-refractivity contribution in [1.29, 1.82) is 0 Å². The molecule has 1 aromatic carbocycles. The van der Waals surface area contributed by atoms with E-state index in [0.29, 0.717) is 6.61 Å². The van der Waals surface area contributed by atoms with E-state index in [4.69, 9.17) is 9.84 Å². The van der Waals surface area contributed by atoms with Crippen LogP contribution < -0.4 is 4.74 Å². The molecule has 104 valence electrons. The molecule has 2 aromatic rings. The Morgan fingerprint density at radius 1 is 1.35 bits per heavy atom. The zero-order valence-corrected chi connectivity index (χ0v) is 11.9. The highest BCUT2D eigenvalue weighted by molar-refractivity contribution is 7.99. The van der Waals surface area contributed by atoms with Crippen molar-refractivity contribution < 1.29 is 9.84 Å². The lowest BCUT2D eigenvalue weighted by molar-refractivity contribution is 0.344. The van der Waals surface area contributed by atoms with Gasteiger partial charge in [-0.2, -0.15) is 5.10 Å². The molecule has 0 spiro atoms. The van der Waals surface area contributed by atoms with Gasteiger partial charge in [0.2, 0.25) is 0 Å². The molecule has 20 heavy (non-hydrogen) atoms. The highest BCUT2D eigenvalue weighted by Crippen LogP contribution is 2.15. The van der Waals surface area contributed by atoms with Crippen molar-refractivity contribution in [2.24, 2.45) is 7.05 Å². The molecule has 0 atom stereocenters. The lowest BCUT2D eigenvalue weighted by Gasteiger charge is -2.05. The number of aliphatic hydroxyl groups excluding tert-OH is 1. The van der Waals surface area contributed by atoms with Crippen LogP contribution in [0.4, 0.5) is 0 Å². The molecule has 1 heterocycles. The van der Waals surface area contributed by atoms with Crippen LogP contribution >= 0.6 is 11.8 Å². The van der Waals surface area contributed by atoms with Gasteiger partial charge in [-0.25, -0.2) is 9.67 Å². The summed E-state index contributed by atoms with van der Waals surface area (Å²) in [7, 11) is 1.86. The third kappa shape index (κ3) is 4.30. The Morgan fingerprint density at radius 2 is 2.15 bits per heavy atom.